The molecule has 2 fully saturated rings. The second-order valence-electron chi connectivity index (χ2n) is 7.14. The molecule has 0 aliphatic carbocycles. The van der Waals surface area contributed by atoms with Gasteiger partial charge in [-0.1, -0.05) is 0 Å². The van der Waals surface area contributed by atoms with E-state index in [1.165, 1.54) is 25.7 Å². The van der Waals surface area contributed by atoms with Crippen LogP contribution in [0.2, 0.25) is 0 Å². The Labute approximate surface area is 143 Å². The fourth-order valence-corrected chi connectivity index (χ4v) is 4.27. The number of nitrogens with one attached hydrogen (secondary N) is 1. The van der Waals surface area contributed by atoms with Gasteiger partial charge in [-0.2, -0.15) is 0 Å². The van der Waals surface area contributed by atoms with Crippen molar-refractivity contribution in [2.75, 3.05) is 19.6 Å². The molecule has 1 N–H and O–H groups in total. The molecule has 0 saturated carbocycles. The maximum absolute atomic E-state index is 12.4. The van der Waals surface area contributed by atoms with E-state index in [2.05, 4.69) is 20.1 Å². The molecule has 0 radical (unpaired) electrons. The number of piperidine rings is 2. The number of carbonyl (C=O) groups excluding carboxylic acids is 1. The highest BCUT2D eigenvalue weighted by atomic mass is 35.5. The molecule has 2 saturated heterocycles. The molecule has 128 valence electrons. The van der Waals surface area contributed by atoms with E-state index in [-0.39, 0.29) is 18.3 Å². The molecule has 1 aromatic rings. The van der Waals surface area contributed by atoms with E-state index in [1.807, 2.05) is 4.90 Å². The Morgan fingerprint density at radius 1 is 1.09 bits per heavy atom. The first-order valence-electron chi connectivity index (χ1n) is 8.65. The fraction of sp³-hybridized carbons (Fsp3) is 0.812. The maximum Gasteiger partial charge on any atom is 0.223 e. The number of aryl methyl sites for hydroxylation is 1. The van der Waals surface area contributed by atoms with Crippen LogP contribution in [0.1, 0.15) is 50.2 Å². The maximum atomic E-state index is 12.4. The van der Waals surface area contributed by atoms with E-state index in [1.54, 1.807) is 0 Å². The summed E-state index contributed by atoms with van der Waals surface area (Å²) in [5.41, 5.74) is 0.337. The van der Waals surface area contributed by atoms with Crippen molar-refractivity contribution < 1.29 is 4.79 Å². The molecule has 0 unspecified atom stereocenters. The molecule has 3 aliphatic heterocycles. The van der Waals surface area contributed by atoms with E-state index in [4.69, 9.17) is 0 Å². The lowest BCUT2D eigenvalue weighted by Crippen LogP contribution is -2.50. The summed E-state index contributed by atoms with van der Waals surface area (Å²) in [6.07, 6.45) is 7.56. The highest BCUT2D eigenvalue weighted by molar-refractivity contribution is 5.85. The molecule has 1 spiro atoms. The van der Waals surface area contributed by atoms with Gasteiger partial charge in [0, 0.05) is 25.9 Å². The van der Waals surface area contributed by atoms with Crippen molar-refractivity contribution in [2.45, 2.75) is 58.0 Å². The summed E-state index contributed by atoms with van der Waals surface area (Å²) >= 11 is 0. The van der Waals surface area contributed by atoms with Crippen LogP contribution in [0, 0.1) is 5.41 Å². The molecule has 0 atom stereocenters. The molecule has 4 rings (SSSR count). The minimum atomic E-state index is 0. The second-order valence-corrected chi connectivity index (χ2v) is 7.14. The number of fused-ring (bicyclic) bond motifs is 1. The van der Waals surface area contributed by atoms with E-state index in [0.29, 0.717) is 18.4 Å². The molecule has 3 aliphatic rings. The van der Waals surface area contributed by atoms with Crippen molar-refractivity contribution in [3.63, 3.8) is 0 Å². The Balaban J connectivity index is 0.00000156. The first kappa shape index (κ1) is 16.7. The topological polar surface area (TPSA) is 63.1 Å². The Morgan fingerprint density at radius 2 is 1.91 bits per heavy atom. The molecule has 1 aromatic heterocycles. The van der Waals surface area contributed by atoms with Crippen LogP contribution in [-0.4, -0.2) is 45.2 Å². The van der Waals surface area contributed by atoms with Crippen LogP contribution in [0.15, 0.2) is 0 Å². The van der Waals surface area contributed by atoms with Gasteiger partial charge in [0.15, 0.2) is 5.82 Å². The lowest BCUT2D eigenvalue weighted by Gasteiger charge is -2.45. The zero-order chi connectivity index (χ0) is 15.0. The lowest BCUT2D eigenvalue weighted by molar-refractivity contribution is -0.139. The molecular weight excluding hydrogens is 314 g/mol. The Hall–Kier alpha value is -1.14. The normalized spacial score (nSPS) is 23.5. The number of aromatic nitrogens is 3. The van der Waals surface area contributed by atoms with Gasteiger partial charge in [0.2, 0.25) is 5.91 Å². The number of hydrogen-bond donors (Lipinski definition) is 1. The third kappa shape index (κ3) is 3.24. The number of hydrogen-bond acceptors (Lipinski definition) is 4. The number of nitrogens with zero attached hydrogens (tertiary/aromatic N) is 4. The predicted molar refractivity (Wildman–Crippen MR) is 89.4 cm³/mol. The Morgan fingerprint density at radius 3 is 2.74 bits per heavy atom. The van der Waals surface area contributed by atoms with Gasteiger partial charge in [-0.3, -0.25) is 4.79 Å². The minimum absolute atomic E-state index is 0. The monoisotopic (exact) mass is 339 g/mol. The predicted octanol–water partition coefficient (Wildman–Crippen LogP) is 1.53. The van der Waals surface area contributed by atoms with E-state index < -0.39 is 0 Å². The van der Waals surface area contributed by atoms with Gasteiger partial charge in [0.1, 0.15) is 5.82 Å². The molecule has 23 heavy (non-hydrogen) atoms. The van der Waals surface area contributed by atoms with Gasteiger partial charge in [0.25, 0.3) is 0 Å². The van der Waals surface area contributed by atoms with Crippen LogP contribution in [0.25, 0.3) is 0 Å². The van der Waals surface area contributed by atoms with Crippen molar-refractivity contribution in [1.29, 1.82) is 0 Å². The van der Waals surface area contributed by atoms with Gasteiger partial charge < -0.3 is 14.8 Å². The van der Waals surface area contributed by atoms with Crippen LogP contribution in [0.5, 0.6) is 0 Å². The third-order valence-corrected chi connectivity index (χ3v) is 5.68. The molecule has 7 heteroatoms. The zero-order valence-electron chi connectivity index (χ0n) is 13.6. The third-order valence-electron chi connectivity index (χ3n) is 5.68. The summed E-state index contributed by atoms with van der Waals surface area (Å²) in [6.45, 7) is 4.72. The highest BCUT2D eigenvalue weighted by Crippen LogP contribution is 2.38. The van der Waals surface area contributed by atoms with Gasteiger partial charge in [0.05, 0.1) is 6.54 Å². The van der Waals surface area contributed by atoms with Gasteiger partial charge >= 0.3 is 0 Å². The van der Waals surface area contributed by atoms with Crippen molar-refractivity contribution in [3.8, 4) is 0 Å². The lowest BCUT2D eigenvalue weighted by atomic mass is 9.73. The first-order valence-corrected chi connectivity index (χ1v) is 8.65. The van der Waals surface area contributed by atoms with Gasteiger partial charge in [-0.15, -0.1) is 22.6 Å². The van der Waals surface area contributed by atoms with Crippen molar-refractivity contribution in [2.24, 2.45) is 5.41 Å². The van der Waals surface area contributed by atoms with Crippen molar-refractivity contribution in [3.05, 3.63) is 11.6 Å². The molecule has 0 aromatic carbocycles. The van der Waals surface area contributed by atoms with E-state index in [9.17, 15) is 4.79 Å². The number of rotatable bonds is 2. The minimum Gasteiger partial charge on any atom is -0.335 e. The zero-order valence-corrected chi connectivity index (χ0v) is 14.4. The highest BCUT2D eigenvalue weighted by Gasteiger charge is 2.39. The van der Waals surface area contributed by atoms with Crippen molar-refractivity contribution in [1.82, 2.24) is 25.0 Å². The average Bonchev–Trinajstić information content (AvgIpc) is 2.95. The standard InChI is InChI=1S/C16H25N5O.ClH/c22-15-4-5-16(6-8-17-9-7-16)12-20(15)11-14-19-18-13-3-1-2-10-21(13)14;/h17H,1-12H2;1H. The number of carbonyl (C=O) groups is 1. The smallest absolute Gasteiger partial charge is 0.223 e. The molecule has 4 heterocycles. The summed E-state index contributed by atoms with van der Waals surface area (Å²) in [6, 6.07) is 0. The summed E-state index contributed by atoms with van der Waals surface area (Å²) in [7, 11) is 0. The van der Waals surface area contributed by atoms with Crippen LogP contribution >= 0.6 is 12.4 Å². The van der Waals surface area contributed by atoms with Crippen molar-refractivity contribution >= 4 is 18.3 Å². The first-order chi connectivity index (χ1) is 10.8. The quantitative estimate of drug-likeness (QED) is 0.887. The fourth-order valence-electron chi connectivity index (χ4n) is 4.27. The number of likely N-dealkylation sites (tertiary alicyclic amines) is 1. The molecule has 6 nitrogen and oxygen atoms in total. The van der Waals surface area contributed by atoms with Gasteiger partial charge in [-0.25, -0.2) is 0 Å². The van der Waals surface area contributed by atoms with Gasteiger partial charge in [-0.05, 0) is 50.6 Å². The number of halogens is 1. The summed E-state index contributed by atoms with van der Waals surface area (Å²) in [5.74, 6) is 2.37. The Kier molecular flexibility index (Phi) is 4.92. The summed E-state index contributed by atoms with van der Waals surface area (Å²) < 4.78 is 2.24. The number of amides is 1. The molecule has 1 amide bonds. The Bertz CT molecular complexity index is 567. The molecule has 0 bridgehead atoms. The van der Waals surface area contributed by atoms with E-state index in [0.717, 1.165) is 50.7 Å². The SMILES string of the molecule is Cl.O=C1CCC2(CCNCC2)CN1Cc1nnc2n1CCCC2. The molecular formula is C16H26ClN5O. The average molecular weight is 340 g/mol. The largest absolute Gasteiger partial charge is 0.335 e. The second kappa shape index (κ2) is 6.77. The van der Waals surface area contributed by atoms with Crippen LogP contribution < -0.4 is 5.32 Å². The van der Waals surface area contributed by atoms with Crippen LogP contribution in [-0.2, 0) is 24.3 Å². The van der Waals surface area contributed by atoms with Crippen LogP contribution in [0.4, 0.5) is 0 Å². The van der Waals surface area contributed by atoms with E-state index >= 15 is 0 Å². The summed E-state index contributed by atoms with van der Waals surface area (Å²) in [5, 5.41) is 12.1. The van der Waals surface area contributed by atoms with Crippen LogP contribution in [0.3, 0.4) is 0 Å². The summed E-state index contributed by atoms with van der Waals surface area (Å²) in [4.78, 5) is 14.4.